The number of carbonyl (C=O) groups excluding carboxylic acids is 1. The first-order valence-electron chi connectivity index (χ1n) is 6.66. The van der Waals surface area contributed by atoms with Crippen LogP contribution in [0.25, 0.3) is 11.2 Å². The molecular weight excluding hydrogens is 348 g/mol. The summed E-state index contributed by atoms with van der Waals surface area (Å²) in [7, 11) is 0. The summed E-state index contributed by atoms with van der Waals surface area (Å²) in [6.45, 7) is 1.03. The molecule has 0 saturated carbocycles. The van der Waals surface area contributed by atoms with Crippen molar-refractivity contribution in [3.8, 4) is 0 Å². The molecule has 0 fully saturated rings. The number of rotatable bonds is 5. The van der Waals surface area contributed by atoms with E-state index < -0.39 is 0 Å². The van der Waals surface area contributed by atoms with Crippen LogP contribution >= 0.6 is 15.9 Å². The number of hydrogen-bond donors (Lipinski definition) is 3. The Morgan fingerprint density at radius 1 is 1.14 bits per heavy atom. The fourth-order valence-corrected chi connectivity index (χ4v) is 2.22. The van der Waals surface area contributed by atoms with E-state index in [0.29, 0.717) is 30.1 Å². The molecule has 1 amide bonds. The zero-order chi connectivity index (χ0) is 15.4. The van der Waals surface area contributed by atoms with E-state index in [2.05, 4.69) is 46.5 Å². The number of nitrogens with one attached hydrogen (secondary N) is 3. The summed E-state index contributed by atoms with van der Waals surface area (Å²) in [5.74, 6) is 0.559. The number of aromatic amines is 1. The number of amides is 1. The second-order valence-electron chi connectivity index (χ2n) is 4.51. The van der Waals surface area contributed by atoms with E-state index in [1.165, 1.54) is 6.33 Å². The van der Waals surface area contributed by atoms with Crippen molar-refractivity contribution in [2.75, 3.05) is 18.4 Å². The Morgan fingerprint density at radius 3 is 2.77 bits per heavy atom. The summed E-state index contributed by atoms with van der Waals surface area (Å²) < 4.78 is 0.943. The van der Waals surface area contributed by atoms with E-state index in [9.17, 15) is 4.79 Å². The number of halogens is 1. The van der Waals surface area contributed by atoms with Gasteiger partial charge in [-0.15, -0.1) is 0 Å². The lowest BCUT2D eigenvalue weighted by Crippen LogP contribution is -2.28. The molecule has 2 aromatic heterocycles. The second-order valence-corrected chi connectivity index (χ2v) is 5.43. The van der Waals surface area contributed by atoms with Crippen LogP contribution in [0.1, 0.15) is 10.4 Å². The lowest BCUT2D eigenvalue weighted by Gasteiger charge is -2.08. The monoisotopic (exact) mass is 360 g/mol. The smallest absolute Gasteiger partial charge is 0.251 e. The van der Waals surface area contributed by atoms with Crippen LogP contribution in [0.5, 0.6) is 0 Å². The van der Waals surface area contributed by atoms with E-state index in [-0.39, 0.29) is 5.91 Å². The molecule has 0 saturated heterocycles. The van der Waals surface area contributed by atoms with Gasteiger partial charge in [-0.3, -0.25) is 4.79 Å². The Balaban J connectivity index is 1.52. The van der Waals surface area contributed by atoms with Crippen molar-refractivity contribution >= 4 is 38.8 Å². The zero-order valence-electron chi connectivity index (χ0n) is 11.5. The van der Waals surface area contributed by atoms with Crippen molar-refractivity contribution in [1.29, 1.82) is 0 Å². The third-order valence-electron chi connectivity index (χ3n) is 3.03. The minimum atomic E-state index is -0.108. The molecule has 0 atom stereocenters. The predicted molar refractivity (Wildman–Crippen MR) is 86.6 cm³/mol. The quantitative estimate of drug-likeness (QED) is 0.604. The largest absolute Gasteiger partial charge is 0.366 e. The Kier molecular flexibility index (Phi) is 4.29. The highest BCUT2D eigenvalue weighted by Crippen LogP contribution is 2.13. The van der Waals surface area contributed by atoms with Gasteiger partial charge in [0, 0.05) is 23.1 Å². The summed E-state index contributed by atoms with van der Waals surface area (Å²) in [5, 5.41) is 5.99. The molecule has 3 aromatic rings. The van der Waals surface area contributed by atoms with E-state index in [1.54, 1.807) is 18.5 Å². The Morgan fingerprint density at radius 2 is 1.95 bits per heavy atom. The molecular formula is C14H13BrN6O. The number of hydrogen-bond acceptors (Lipinski definition) is 5. The van der Waals surface area contributed by atoms with Crippen molar-refractivity contribution in [2.45, 2.75) is 0 Å². The predicted octanol–water partition coefficient (Wildman–Crippen LogP) is 1.96. The summed E-state index contributed by atoms with van der Waals surface area (Å²) >= 11 is 3.34. The normalized spacial score (nSPS) is 10.6. The first-order valence-corrected chi connectivity index (χ1v) is 7.45. The molecule has 0 spiro atoms. The molecule has 0 bridgehead atoms. The number of carbonyl (C=O) groups is 1. The molecule has 1 aromatic carbocycles. The van der Waals surface area contributed by atoms with Gasteiger partial charge in [-0.25, -0.2) is 15.0 Å². The van der Waals surface area contributed by atoms with Crippen LogP contribution in [0, 0.1) is 0 Å². The first kappa shape index (κ1) is 14.5. The first-order chi connectivity index (χ1) is 10.7. The van der Waals surface area contributed by atoms with Crippen LogP contribution in [0.4, 0.5) is 5.82 Å². The molecule has 112 valence electrons. The van der Waals surface area contributed by atoms with E-state index in [1.807, 2.05) is 12.1 Å². The van der Waals surface area contributed by atoms with Crippen LogP contribution in [-0.2, 0) is 0 Å². The van der Waals surface area contributed by atoms with Crippen molar-refractivity contribution < 1.29 is 4.79 Å². The average molecular weight is 361 g/mol. The molecule has 0 radical (unpaired) electrons. The van der Waals surface area contributed by atoms with Crippen molar-refractivity contribution in [2.24, 2.45) is 0 Å². The van der Waals surface area contributed by atoms with E-state index in [4.69, 9.17) is 0 Å². The van der Waals surface area contributed by atoms with Gasteiger partial charge < -0.3 is 15.6 Å². The maximum absolute atomic E-state index is 11.9. The molecule has 0 unspecified atom stereocenters. The van der Waals surface area contributed by atoms with Gasteiger partial charge in [0.1, 0.15) is 11.8 Å². The third-order valence-corrected chi connectivity index (χ3v) is 3.56. The maximum atomic E-state index is 11.9. The zero-order valence-corrected chi connectivity index (χ0v) is 13.1. The van der Waals surface area contributed by atoms with Crippen LogP contribution < -0.4 is 10.6 Å². The minimum Gasteiger partial charge on any atom is -0.366 e. The molecule has 0 aliphatic carbocycles. The highest BCUT2D eigenvalue weighted by molar-refractivity contribution is 9.10. The SMILES string of the molecule is O=C(NCCNc1ncnc2nc[nH]c12)c1ccc(Br)cc1. The summed E-state index contributed by atoms with van der Waals surface area (Å²) in [6, 6.07) is 7.21. The Labute approximate surface area is 134 Å². The lowest BCUT2D eigenvalue weighted by atomic mass is 10.2. The molecule has 22 heavy (non-hydrogen) atoms. The Bertz CT molecular complexity index is 785. The number of imidazole rings is 1. The van der Waals surface area contributed by atoms with Crippen LogP contribution in [0.2, 0.25) is 0 Å². The standard InChI is InChI=1S/C14H13BrN6O/c15-10-3-1-9(2-4-10)14(22)17-6-5-16-12-11-13(19-7-18-11)21-8-20-12/h1-4,7-8H,5-6H2,(H,17,22)(H2,16,18,19,20,21). The summed E-state index contributed by atoms with van der Waals surface area (Å²) in [4.78, 5) is 27.2. The van der Waals surface area contributed by atoms with Gasteiger partial charge in [-0.05, 0) is 24.3 Å². The van der Waals surface area contributed by atoms with Gasteiger partial charge in [0.25, 0.3) is 5.91 Å². The molecule has 0 aliphatic rings. The highest BCUT2D eigenvalue weighted by atomic mass is 79.9. The summed E-state index contributed by atoms with van der Waals surface area (Å²) in [6.07, 6.45) is 3.02. The lowest BCUT2D eigenvalue weighted by molar-refractivity contribution is 0.0955. The van der Waals surface area contributed by atoms with Gasteiger partial charge in [-0.2, -0.15) is 0 Å². The number of anilines is 1. The summed E-state index contributed by atoms with van der Waals surface area (Å²) in [5.41, 5.74) is 1.99. The number of benzene rings is 1. The topological polar surface area (TPSA) is 95.6 Å². The minimum absolute atomic E-state index is 0.108. The van der Waals surface area contributed by atoms with E-state index in [0.717, 1.165) is 9.99 Å². The number of nitrogens with zero attached hydrogens (tertiary/aromatic N) is 3. The third kappa shape index (κ3) is 3.22. The van der Waals surface area contributed by atoms with Crippen molar-refractivity contribution in [1.82, 2.24) is 25.3 Å². The van der Waals surface area contributed by atoms with Gasteiger partial charge in [0.15, 0.2) is 11.5 Å². The molecule has 7 nitrogen and oxygen atoms in total. The van der Waals surface area contributed by atoms with E-state index >= 15 is 0 Å². The highest BCUT2D eigenvalue weighted by Gasteiger charge is 2.06. The van der Waals surface area contributed by atoms with Crippen molar-refractivity contribution in [3.05, 3.63) is 47.0 Å². The van der Waals surface area contributed by atoms with Crippen LogP contribution in [0.15, 0.2) is 41.4 Å². The van der Waals surface area contributed by atoms with Gasteiger partial charge in [-0.1, -0.05) is 15.9 Å². The van der Waals surface area contributed by atoms with Crippen LogP contribution in [-0.4, -0.2) is 38.9 Å². The molecule has 0 aliphatic heterocycles. The van der Waals surface area contributed by atoms with Crippen LogP contribution in [0.3, 0.4) is 0 Å². The molecule has 3 rings (SSSR count). The number of aromatic nitrogens is 4. The molecule has 3 N–H and O–H groups in total. The average Bonchev–Trinajstić information content (AvgIpc) is 3.01. The molecule has 2 heterocycles. The fraction of sp³-hybridized carbons (Fsp3) is 0.143. The van der Waals surface area contributed by atoms with Crippen molar-refractivity contribution in [3.63, 3.8) is 0 Å². The fourth-order valence-electron chi connectivity index (χ4n) is 1.96. The maximum Gasteiger partial charge on any atom is 0.251 e. The van der Waals surface area contributed by atoms with Gasteiger partial charge >= 0.3 is 0 Å². The van der Waals surface area contributed by atoms with Gasteiger partial charge in [0.2, 0.25) is 0 Å². The number of H-pyrrole nitrogens is 1. The Hall–Kier alpha value is -2.48. The number of fused-ring (bicyclic) bond motifs is 1. The van der Waals surface area contributed by atoms with Gasteiger partial charge in [0.05, 0.1) is 6.33 Å². The second kappa shape index (κ2) is 6.52. The molecule has 8 heteroatoms.